The molecule has 2 N–H and O–H groups in total. The minimum absolute atomic E-state index is 0.0825. The van der Waals surface area contributed by atoms with E-state index in [1.807, 2.05) is 24.3 Å². The molecule has 2 aliphatic heterocycles. The van der Waals surface area contributed by atoms with Gasteiger partial charge in [-0.05, 0) is 24.1 Å². The molecule has 146 valence electrons. The summed E-state index contributed by atoms with van der Waals surface area (Å²) in [6.45, 7) is 1.35. The van der Waals surface area contributed by atoms with Crippen LogP contribution in [0.15, 0.2) is 24.3 Å². The SMILES string of the molecule is COc1ccc(CN2CC(C(=O)NC3(CC(=O)O)CCOC3)CC2=O)cc1. The van der Waals surface area contributed by atoms with Crippen LogP contribution in [0.4, 0.5) is 0 Å². The molecule has 2 saturated heterocycles. The fraction of sp³-hybridized carbons (Fsp3) is 0.526. The van der Waals surface area contributed by atoms with Gasteiger partial charge in [-0.15, -0.1) is 0 Å². The van der Waals surface area contributed by atoms with E-state index in [2.05, 4.69) is 5.32 Å². The third-order valence-corrected chi connectivity index (χ3v) is 5.10. The van der Waals surface area contributed by atoms with E-state index in [1.54, 1.807) is 12.0 Å². The second-order valence-electron chi connectivity index (χ2n) is 7.17. The molecule has 0 spiro atoms. The lowest BCUT2D eigenvalue weighted by molar-refractivity contribution is -0.139. The smallest absolute Gasteiger partial charge is 0.305 e. The van der Waals surface area contributed by atoms with E-state index in [1.165, 1.54) is 0 Å². The summed E-state index contributed by atoms with van der Waals surface area (Å²) in [5.74, 6) is -1.09. The van der Waals surface area contributed by atoms with Crippen molar-refractivity contribution in [3.63, 3.8) is 0 Å². The number of likely N-dealkylation sites (tertiary alicyclic amines) is 1. The van der Waals surface area contributed by atoms with E-state index in [0.717, 1.165) is 11.3 Å². The minimum atomic E-state index is -0.982. The van der Waals surface area contributed by atoms with Crippen LogP contribution in [0.2, 0.25) is 0 Å². The highest BCUT2D eigenvalue weighted by Crippen LogP contribution is 2.26. The van der Waals surface area contributed by atoms with Crippen molar-refractivity contribution in [1.82, 2.24) is 10.2 Å². The molecule has 8 heteroatoms. The van der Waals surface area contributed by atoms with Gasteiger partial charge in [-0.1, -0.05) is 12.1 Å². The van der Waals surface area contributed by atoms with Crippen LogP contribution in [0.25, 0.3) is 0 Å². The molecular weight excluding hydrogens is 352 g/mol. The first-order valence-electron chi connectivity index (χ1n) is 8.93. The summed E-state index contributed by atoms with van der Waals surface area (Å²) in [5, 5.41) is 12.0. The fourth-order valence-corrected chi connectivity index (χ4v) is 3.59. The number of hydrogen-bond acceptors (Lipinski definition) is 5. The Morgan fingerprint density at radius 1 is 1.37 bits per heavy atom. The molecule has 2 aliphatic rings. The molecule has 1 aromatic rings. The van der Waals surface area contributed by atoms with Crippen molar-refractivity contribution in [2.75, 3.05) is 26.9 Å². The predicted octanol–water partition coefficient (Wildman–Crippen LogP) is 0.794. The molecule has 2 heterocycles. The summed E-state index contributed by atoms with van der Waals surface area (Å²) in [6, 6.07) is 7.43. The van der Waals surface area contributed by atoms with E-state index in [-0.39, 0.29) is 31.3 Å². The van der Waals surface area contributed by atoms with Crippen LogP contribution in [0, 0.1) is 5.92 Å². The lowest BCUT2D eigenvalue weighted by Crippen LogP contribution is -2.52. The van der Waals surface area contributed by atoms with Crippen LogP contribution in [-0.2, 0) is 25.7 Å². The number of methoxy groups -OCH3 is 1. The van der Waals surface area contributed by atoms with Gasteiger partial charge in [0.2, 0.25) is 11.8 Å². The molecule has 3 rings (SSSR count). The van der Waals surface area contributed by atoms with Crippen molar-refractivity contribution < 1.29 is 29.0 Å². The zero-order valence-corrected chi connectivity index (χ0v) is 15.3. The summed E-state index contributed by atoms with van der Waals surface area (Å²) in [6.07, 6.45) is 0.405. The number of carboxylic acids is 1. The predicted molar refractivity (Wildman–Crippen MR) is 95.1 cm³/mol. The maximum absolute atomic E-state index is 12.7. The molecule has 0 bridgehead atoms. The van der Waals surface area contributed by atoms with Gasteiger partial charge in [0.1, 0.15) is 5.75 Å². The van der Waals surface area contributed by atoms with Crippen LogP contribution in [0.3, 0.4) is 0 Å². The van der Waals surface area contributed by atoms with Crippen LogP contribution >= 0.6 is 0 Å². The number of hydrogen-bond donors (Lipinski definition) is 2. The zero-order chi connectivity index (χ0) is 19.4. The lowest BCUT2D eigenvalue weighted by atomic mass is 9.93. The summed E-state index contributed by atoms with van der Waals surface area (Å²) in [7, 11) is 1.59. The average Bonchev–Trinajstić information content (AvgIpc) is 3.22. The van der Waals surface area contributed by atoms with Crippen molar-refractivity contribution in [1.29, 1.82) is 0 Å². The third-order valence-electron chi connectivity index (χ3n) is 5.10. The monoisotopic (exact) mass is 376 g/mol. The summed E-state index contributed by atoms with van der Waals surface area (Å²) >= 11 is 0. The summed E-state index contributed by atoms with van der Waals surface area (Å²) < 4.78 is 10.4. The molecule has 27 heavy (non-hydrogen) atoms. The van der Waals surface area contributed by atoms with Crippen LogP contribution in [0.5, 0.6) is 5.75 Å². The van der Waals surface area contributed by atoms with Gasteiger partial charge in [0, 0.05) is 26.1 Å². The number of rotatable bonds is 7. The number of amides is 2. The minimum Gasteiger partial charge on any atom is -0.497 e. The Morgan fingerprint density at radius 3 is 2.70 bits per heavy atom. The quantitative estimate of drug-likeness (QED) is 0.729. The molecule has 8 nitrogen and oxygen atoms in total. The number of carbonyl (C=O) groups excluding carboxylic acids is 2. The molecule has 2 amide bonds. The number of nitrogens with zero attached hydrogens (tertiary/aromatic N) is 1. The van der Waals surface area contributed by atoms with Gasteiger partial charge in [0.05, 0.1) is 31.6 Å². The Kier molecular flexibility index (Phi) is 5.65. The largest absolute Gasteiger partial charge is 0.497 e. The van der Waals surface area contributed by atoms with Crippen molar-refractivity contribution in [2.24, 2.45) is 5.92 Å². The topological polar surface area (TPSA) is 105 Å². The van der Waals surface area contributed by atoms with Crippen LogP contribution in [0.1, 0.15) is 24.8 Å². The summed E-state index contributed by atoms with van der Waals surface area (Å²) in [5.41, 5.74) is 0.0757. The van der Waals surface area contributed by atoms with Gasteiger partial charge in [0.15, 0.2) is 0 Å². The van der Waals surface area contributed by atoms with Gasteiger partial charge in [-0.2, -0.15) is 0 Å². The van der Waals surface area contributed by atoms with Crippen LogP contribution in [-0.4, -0.2) is 60.2 Å². The molecule has 0 saturated carbocycles. The van der Waals surface area contributed by atoms with Gasteiger partial charge < -0.3 is 24.8 Å². The molecule has 0 radical (unpaired) electrons. The van der Waals surface area contributed by atoms with Gasteiger partial charge in [-0.3, -0.25) is 14.4 Å². The van der Waals surface area contributed by atoms with E-state index in [9.17, 15) is 14.4 Å². The van der Waals surface area contributed by atoms with Crippen molar-refractivity contribution >= 4 is 17.8 Å². The Bertz CT molecular complexity index is 711. The van der Waals surface area contributed by atoms with E-state index in [0.29, 0.717) is 26.1 Å². The molecule has 2 fully saturated rings. The first-order chi connectivity index (χ1) is 12.9. The highest BCUT2D eigenvalue weighted by Gasteiger charge is 2.42. The number of carbonyl (C=O) groups is 3. The zero-order valence-electron chi connectivity index (χ0n) is 15.3. The highest BCUT2D eigenvalue weighted by molar-refractivity contribution is 5.89. The maximum atomic E-state index is 12.7. The first kappa shape index (κ1) is 19.2. The average molecular weight is 376 g/mol. The molecule has 1 aromatic carbocycles. The number of benzene rings is 1. The normalized spacial score (nSPS) is 24.9. The lowest BCUT2D eigenvalue weighted by Gasteiger charge is -2.28. The molecular formula is C19H24N2O6. The van der Waals surface area contributed by atoms with Gasteiger partial charge in [0.25, 0.3) is 0 Å². The van der Waals surface area contributed by atoms with Crippen molar-refractivity contribution in [3.05, 3.63) is 29.8 Å². The number of ether oxygens (including phenoxy) is 2. The van der Waals surface area contributed by atoms with Crippen LogP contribution < -0.4 is 10.1 Å². The molecule has 2 atom stereocenters. The van der Waals surface area contributed by atoms with Gasteiger partial charge >= 0.3 is 5.97 Å². The second-order valence-corrected chi connectivity index (χ2v) is 7.17. The molecule has 0 aliphatic carbocycles. The third kappa shape index (κ3) is 4.57. The van der Waals surface area contributed by atoms with E-state index < -0.39 is 17.4 Å². The number of aliphatic carboxylic acids is 1. The van der Waals surface area contributed by atoms with E-state index >= 15 is 0 Å². The Hall–Kier alpha value is -2.61. The van der Waals surface area contributed by atoms with E-state index in [4.69, 9.17) is 14.6 Å². The molecule has 0 aromatic heterocycles. The second kappa shape index (κ2) is 7.96. The van der Waals surface area contributed by atoms with Crippen molar-refractivity contribution in [2.45, 2.75) is 31.3 Å². The highest BCUT2D eigenvalue weighted by atomic mass is 16.5. The Balaban J connectivity index is 1.60. The van der Waals surface area contributed by atoms with Gasteiger partial charge in [-0.25, -0.2) is 0 Å². The number of nitrogens with one attached hydrogen (secondary N) is 1. The summed E-state index contributed by atoms with van der Waals surface area (Å²) in [4.78, 5) is 37.8. The molecule has 2 unspecified atom stereocenters. The standard InChI is InChI=1S/C19H24N2O6/c1-26-15-4-2-13(3-5-15)10-21-11-14(8-16(21)22)18(25)20-19(9-17(23)24)6-7-27-12-19/h2-5,14H,6-12H2,1H3,(H,20,25)(H,23,24). The van der Waals surface area contributed by atoms with Crippen molar-refractivity contribution in [3.8, 4) is 5.75 Å². The Morgan fingerprint density at radius 2 is 2.11 bits per heavy atom. The fourth-order valence-electron chi connectivity index (χ4n) is 3.59. The first-order valence-corrected chi connectivity index (χ1v) is 8.93. The maximum Gasteiger partial charge on any atom is 0.305 e. The Labute approximate surface area is 157 Å². The number of carboxylic acid groups (broad SMARTS) is 1.